The zero-order valence-electron chi connectivity index (χ0n) is 8.01. The highest BCUT2D eigenvalue weighted by molar-refractivity contribution is 4.70. The molecule has 0 amide bonds. The molecule has 0 aromatic heterocycles. The highest BCUT2D eigenvalue weighted by Gasteiger charge is 2.18. The molecule has 0 aromatic rings. The summed E-state index contributed by atoms with van der Waals surface area (Å²) in [6, 6.07) is 0. The number of hydrogen-bond acceptors (Lipinski definition) is 2. The van der Waals surface area contributed by atoms with E-state index in [1.807, 2.05) is 4.90 Å². The molecule has 0 aliphatic carbocycles. The van der Waals surface area contributed by atoms with Crippen molar-refractivity contribution < 1.29 is 13.5 Å². The second kappa shape index (κ2) is 5.50. The number of rotatable bonds is 3. The van der Waals surface area contributed by atoms with Gasteiger partial charge in [-0.25, -0.2) is 8.78 Å². The van der Waals surface area contributed by atoms with E-state index in [0.29, 0.717) is 0 Å². The van der Waals surface area contributed by atoms with Crippen LogP contribution in [0.1, 0.15) is 19.3 Å². The molecule has 1 rings (SSSR count). The largest absolute Gasteiger partial charge is 0.381 e. The lowest BCUT2D eigenvalue weighted by atomic mass is 10.2. The number of ether oxygens (including phenoxy) is 1. The van der Waals surface area contributed by atoms with Gasteiger partial charge in [-0.3, -0.25) is 4.90 Å². The minimum Gasteiger partial charge on any atom is -0.381 e. The van der Waals surface area contributed by atoms with Crippen molar-refractivity contribution in [1.29, 1.82) is 0 Å². The lowest BCUT2D eigenvalue weighted by molar-refractivity contribution is 0.0754. The Kier molecular flexibility index (Phi) is 4.59. The van der Waals surface area contributed by atoms with Crippen molar-refractivity contribution in [3.8, 4) is 0 Å². The highest BCUT2D eigenvalue weighted by Crippen LogP contribution is 2.14. The van der Waals surface area contributed by atoms with Gasteiger partial charge in [0.05, 0.1) is 12.6 Å². The van der Waals surface area contributed by atoms with Crippen LogP contribution in [0.15, 0.2) is 0 Å². The van der Waals surface area contributed by atoms with Crippen LogP contribution >= 0.6 is 0 Å². The number of alkyl halides is 2. The lowest BCUT2D eigenvalue weighted by Crippen LogP contribution is -2.30. The topological polar surface area (TPSA) is 12.5 Å². The third-order valence-corrected chi connectivity index (χ3v) is 2.50. The van der Waals surface area contributed by atoms with Crippen LogP contribution in [0, 0.1) is 0 Å². The van der Waals surface area contributed by atoms with Crippen molar-refractivity contribution in [3.63, 3.8) is 0 Å². The molecule has 1 heterocycles. The lowest BCUT2D eigenvalue weighted by Gasteiger charge is -2.18. The maximum atomic E-state index is 12.1. The fourth-order valence-electron chi connectivity index (χ4n) is 1.74. The van der Waals surface area contributed by atoms with Crippen LogP contribution in [0.5, 0.6) is 0 Å². The van der Waals surface area contributed by atoms with E-state index in [0.717, 1.165) is 32.4 Å². The monoisotopic (exact) mass is 193 g/mol. The highest BCUT2D eigenvalue weighted by atomic mass is 19.3. The first-order valence-corrected chi connectivity index (χ1v) is 4.75. The van der Waals surface area contributed by atoms with Gasteiger partial charge < -0.3 is 4.74 Å². The summed E-state index contributed by atoms with van der Waals surface area (Å²) in [7, 11) is 1.69. The van der Waals surface area contributed by atoms with E-state index in [4.69, 9.17) is 4.74 Å². The van der Waals surface area contributed by atoms with Gasteiger partial charge in [0.2, 0.25) is 0 Å². The number of hydrogen-bond donors (Lipinski definition) is 0. The van der Waals surface area contributed by atoms with Crippen LogP contribution in [-0.2, 0) is 4.74 Å². The Balaban J connectivity index is 2.27. The van der Waals surface area contributed by atoms with Gasteiger partial charge in [-0.15, -0.1) is 0 Å². The Morgan fingerprint density at radius 2 is 2.15 bits per heavy atom. The molecule has 1 fully saturated rings. The van der Waals surface area contributed by atoms with Gasteiger partial charge in [0.1, 0.15) is 0 Å². The van der Waals surface area contributed by atoms with E-state index in [2.05, 4.69) is 0 Å². The van der Waals surface area contributed by atoms with Gasteiger partial charge >= 0.3 is 0 Å². The SMILES string of the molecule is COC1CCCN(CC(F)F)CC1. The number of nitrogens with zero attached hydrogens (tertiary/aromatic N) is 1. The molecule has 0 N–H and O–H groups in total. The van der Waals surface area contributed by atoms with Gasteiger partial charge in [0.25, 0.3) is 6.43 Å². The molecule has 0 radical (unpaired) electrons. The second-order valence-electron chi connectivity index (χ2n) is 3.48. The van der Waals surface area contributed by atoms with Crippen molar-refractivity contribution in [3.05, 3.63) is 0 Å². The van der Waals surface area contributed by atoms with Crippen LogP contribution in [0.4, 0.5) is 8.78 Å². The van der Waals surface area contributed by atoms with E-state index in [9.17, 15) is 8.78 Å². The van der Waals surface area contributed by atoms with Gasteiger partial charge in [0, 0.05) is 13.7 Å². The van der Waals surface area contributed by atoms with Crippen LogP contribution in [-0.4, -0.2) is 44.2 Å². The normalized spacial score (nSPS) is 26.3. The van der Waals surface area contributed by atoms with Gasteiger partial charge in [-0.05, 0) is 25.8 Å². The molecule has 1 aliphatic heterocycles. The van der Waals surface area contributed by atoms with Crippen molar-refractivity contribution in [2.24, 2.45) is 0 Å². The third-order valence-electron chi connectivity index (χ3n) is 2.50. The molecule has 78 valence electrons. The van der Waals surface area contributed by atoms with E-state index in [1.54, 1.807) is 7.11 Å². The summed E-state index contributed by atoms with van der Waals surface area (Å²) in [5.41, 5.74) is 0. The molecule has 0 bridgehead atoms. The second-order valence-corrected chi connectivity index (χ2v) is 3.48. The summed E-state index contributed by atoms with van der Waals surface area (Å²) in [5, 5.41) is 0. The van der Waals surface area contributed by atoms with Crippen LogP contribution < -0.4 is 0 Å². The molecule has 0 spiro atoms. The Hall–Kier alpha value is -0.220. The van der Waals surface area contributed by atoms with Crippen molar-refractivity contribution in [2.75, 3.05) is 26.7 Å². The standard InChI is InChI=1S/C9H17F2NO/c1-13-8-3-2-5-12(6-4-8)7-9(10)11/h8-9H,2-7H2,1H3. The number of methoxy groups -OCH3 is 1. The van der Waals surface area contributed by atoms with Crippen molar-refractivity contribution in [2.45, 2.75) is 31.8 Å². The first kappa shape index (κ1) is 10.9. The molecule has 2 nitrogen and oxygen atoms in total. The quantitative estimate of drug-likeness (QED) is 0.677. The maximum Gasteiger partial charge on any atom is 0.251 e. The molecule has 1 atom stereocenters. The number of likely N-dealkylation sites (tertiary alicyclic amines) is 1. The molecule has 0 aromatic carbocycles. The van der Waals surface area contributed by atoms with Gasteiger partial charge in [-0.2, -0.15) is 0 Å². The van der Waals surface area contributed by atoms with Crippen molar-refractivity contribution in [1.82, 2.24) is 4.90 Å². The average Bonchev–Trinajstić information content (AvgIpc) is 2.29. The number of halogens is 2. The van der Waals surface area contributed by atoms with E-state index < -0.39 is 6.43 Å². The molecule has 1 unspecified atom stereocenters. The van der Waals surface area contributed by atoms with Crippen LogP contribution in [0.3, 0.4) is 0 Å². The zero-order chi connectivity index (χ0) is 9.68. The Morgan fingerprint density at radius 1 is 1.38 bits per heavy atom. The molecular formula is C9H17F2NO. The summed E-state index contributed by atoms with van der Waals surface area (Å²) in [5.74, 6) is 0. The van der Waals surface area contributed by atoms with Crippen LogP contribution in [0.25, 0.3) is 0 Å². The summed E-state index contributed by atoms with van der Waals surface area (Å²) >= 11 is 0. The summed E-state index contributed by atoms with van der Waals surface area (Å²) < 4.78 is 29.3. The zero-order valence-corrected chi connectivity index (χ0v) is 8.01. The molecule has 1 aliphatic rings. The third kappa shape index (κ3) is 4.00. The minimum atomic E-state index is -2.21. The van der Waals surface area contributed by atoms with E-state index in [1.165, 1.54) is 0 Å². The predicted molar refractivity (Wildman–Crippen MR) is 47.1 cm³/mol. The Morgan fingerprint density at radius 3 is 2.77 bits per heavy atom. The average molecular weight is 193 g/mol. The molecular weight excluding hydrogens is 176 g/mol. The molecule has 0 saturated carbocycles. The minimum absolute atomic E-state index is 0.0869. The molecule has 13 heavy (non-hydrogen) atoms. The fraction of sp³-hybridized carbons (Fsp3) is 1.00. The first-order valence-electron chi connectivity index (χ1n) is 4.75. The summed E-state index contributed by atoms with van der Waals surface area (Å²) in [6.07, 6.45) is 0.895. The summed E-state index contributed by atoms with van der Waals surface area (Å²) in [6.45, 7) is 1.43. The van der Waals surface area contributed by atoms with E-state index >= 15 is 0 Å². The Bertz CT molecular complexity index is 144. The first-order chi connectivity index (χ1) is 6.22. The predicted octanol–water partition coefficient (Wildman–Crippen LogP) is 1.75. The maximum absolute atomic E-state index is 12.1. The van der Waals surface area contributed by atoms with Gasteiger partial charge in [0.15, 0.2) is 0 Å². The van der Waals surface area contributed by atoms with Crippen LogP contribution in [0.2, 0.25) is 0 Å². The fourth-order valence-corrected chi connectivity index (χ4v) is 1.74. The van der Waals surface area contributed by atoms with Gasteiger partial charge in [-0.1, -0.05) is 0 Å². The molecule has 1 saturated heterocycles. The van der Waals surface area contributed by atoms with Crippen molar-refractivity contribution >= 4 is 0 Å². The Labute approximate surface area is 77.9 Å². The molecule has 4 heteroatoms. The smallest absolute Gasteiger partial charge is 0.251 e. The van der Waals surface area contributed by atoms with E-state index in [-0.39, 0.29) is 12.6 Å². The summed E-state index contributed by atoms with van der Waals surface area (Å²) in [4.78, 5) is 1.82.